The quantitative estimate of drug-likeness (QED) is 0.862. The van der Waals surface area contributed by atoms with Gasteiger partial charge in [0.25, 0.3) is 0 Å². The van der Waals surface area contributed by atoms with E-state index < -0.39 is 0 Å². The van der Waals surface area contributed by atoms with Crippen molar-refractivity contribution < 1.29 is 9.53 Å². The number of benzene rings is 2. The molecule has 0 aliphatic heterocycles. The number of hydrogen-bond acceptors (Lipinski definition) is 2. The highest BCUT2D eigenvalue weighted by Gasteiger charge is 2.13. The van der Waals surface area contributed by atoms with Crippen LogP contribution in [0.5, 0.6) is 5.75 Å². The Hall–Kier alpha value is -2.29. The van der Waals surface area contributed by atoms with Crippen molar-refractivity contribution in [3.63, 3.8) is 0 Å². The maximum absolute atomic E-state index is 12.1. The van der Waals surface area contributed by atoms with Gasteiger partial charge in [-0.3, -0.25) is 4.79 Å². The molecule has 2 aromatic rings. The fourth-order valence-corrected chi connectivity index (χ4v) is 2.48. The van der Waals surface area contributed by atoms with Gasteiger partial charge >= 0.3 is 0 Å². The molecule has 2 aromatic carbocycles. The van der Waals surface area contributed by atoms with Gasteiger partial charge in [0.2, 0.25) is 5.91 Å². The van der Waals surface area contributed by atoms with E-state index in [-0.39, 0.29) is 11.3 Å². The SMILES string of the molecule is CCOc1cccc(CC(=O)NCc2ccc(C(C)(C)C)cc2)c1. The molecular weight excluding hydrogens is 298 g/mol. The molecule has 0 bridgehead atoms. The molecule has 0 spiro atoms. The van der Waals surface area contributed by atoms with Crippen molar-refractivity contribution >= 4 is 5.91 Å². The van der Waals surface area contributed by atoms with E-state index in [9.17, 15) is 4.79 Å². The predicted octanol–water partition coefficient (Wildman–Crippen LogP) is 4.24. The first-order valence-electron chi connectivity index (χ1n) is 8.46. The third-order valence-corrected chi connectivity index (χ3v) is 3.88. The lowest BCUT2D eigenvalue weighted by atomic mass is 9.87. The molecule has 0 heterocycles. The van der Waals surface area contributed by atoms with Gasteiger partial charge in [-0.05, 0) is 41.2 Å². The van der Waals surface area contributed by atoms with Crippen molar-refractivity contribution in [3.05, 3.63) is 65.2 Å². The number of nitrogens with one attached hydrogen (secondary N) is 1. The molecular formula is C21H27NO2. The lowest BCUT2D eigenvalue weighted by molar-refractivity contribution is -0.120. The summed E-state index contributed by atoms with van der Waals surface area (Å²) in [7, 11) is 0. The molecule has 0 fully saturated rings. The molecule has 1 N–H and O–H groups in total. The molecule has 0 unspecified atom stereocenters. The van der Waals surface area contributed by atoms with E-state index in [1.54, 1.807) is 0 Å². The number of amides is 1. The summed E-state index contributed by atoms with van der Waals surface area (Å²) in [5.74, 6) is 0.823. The van der Waals surface area contributed by atoms with Gasteiger partial charge < -0.3 is 10.1 Å². The van der Waals surface area contributed by atoms with Crippen LogP contribution in [-0.4, -0.2) is 12.5 Å². The first kappa shape index (κ1) is 18.1. The summed E-state index contributed by atoms with van der Waals surface area (Å²) in [6, 6.07) is 16.1. The second kappa shape index (κ2) is 8.00. The van der Waals surface area contributed by atoms with Crippen LogP contribution in [0.1, 0.15) is 44.4 Å². The van der Waals surface area contributed by atoms with Crippen LogP contribution in [0.4, 0.5) is 0 Å². The number of hydrogen-bond donors (Lipinski definition) is 1. The van der Waals surface area contributed by atoms with Crippen molar-refractivity contribution in [2.24, 2.45) is 0 Å². The Morgan fingerprint density at radius 3 is 2.38 bits per heavy atom. The minimum absolute atomic E-state index is 0.0172. The Kier molecular flexibility index (Phi) is 6.02. The van der Waals surface area contributed by atoms with E-state index >= 15 is 0 Å². The number of carbonyl (C=O) groups excluding carboxylic acids is 1. The smallest absolute Gasteiger partial charge is 0.224 e. The Morgan fingerprint density at radius 2 is 1.75 bits per heavy atom. The van der Waals surface area contributed by atoms with Gasteiger partial charge in [-0.15, -0.1) is 0 Å². The van der Waals surface area contributed by atoms with Crippen LogP contribution in [0.2, 0.25) is 0 Å². The van der Waals surface area contributed by atoms with Gasteiger partial charge in [0.15, 0.2) is 0 Å². The minimum atomic E-state index is 0.0172. The summed E-state index contributed by atoms with van der Waals surface area (Å²) in [6.45, 7) is 9.71. The first-order valence-corrected chi connectivity index (χ1v) is 8.46. The molecule has 0 saturated carbocycles. The van der Waals surface area contributed by atoms with Crippen LogP contribution >= 0.6 is 0 Å². The summed E-state index contributed by atoms with van der Waals surface area (Å²) in [6.07, 6.45) is 0.362. The lowest BCUT2D eigenvalue weighted by Crippen LogP contribution is -2.24. The molecule has 24 heavy (non-hydrogen) atoms. The van der Waals surface area contributed by atoms with Gasteiger partial charge in [-0.25, -0.2) is 0 Å². The Bertz CT molecular complexity index is 669. The first-order chi connectivity index (χ1) is 11.4. The molecule has 3 heteroatoms. The third-order valence-electron chi connectivity index (χ3n) is 3.88. The molecule has 3 nitrogen and oxygen atoms in total. The zero-order valence-electron chi connectivity index (χ0n) is 15.1. The average molecular weight is 325 g/mol. The molecule has 0 radical (unpaired) electrons. The molecule has 128 valence electrons. The lowest BCUT2D eigenvalue weighted by Gasteiger charge is -2.19. The van der Waals surface area contributed by atoms with Crippen LogP contribution < -0.4 is 10.1 Å². The highest BCUT2D eigenvalue weighted by atomic mass is 16.5. The zero-order valence-corrected chi connectivity index (χ0v) is 15.1. The van der Waals surface area contributed by atoms with Crippen molar-refractivity contribution in [3.8, 4) is 5.75 Å². The highest BCUT2D eigenvalue weighted by Crippen LogP contribution is 2.22. The zero-order chi connectivity index (χ0) is 17.6. The molecule has 0 saturated heterocycles. The topological polar surface area (TPSA) is 38.3 Å². The molecule has 1 amide bonds. The van der Waals surface area contributed by atoms with Crippen molar-refractivity contribution in [2.75, 3.05) is 6.61 Å². The maximum atomic E-state index is 12.1. The Balaban J connectivity index is 1.88. The molecule has 0 aliphatic rings. The molecule has 2 rings (SSSR count). The van der Waals surface area contributed by atoms with E-state index in [0.717, 1.165) is 16.9 Å². The fraction of sp³-hybridized carbons (Fsp3) is 0.381. The second-order valence-electron chi connectivity index (χ2n) is 6.98. The van der Waals surface area contributed by atoms with Crippen LogP contribution in [-0.2, 0) is 23.2 Å². The summed E-state index contributed by atoms with van der Waals surface area (Å²) >= 11 is 0. The van der Waals surface area contributed by atoms with Gasteiger partial charge in [-0.1, -0.05) is 57.2 Å². The Labute approximate surface area is 145 Å². The highest BCUT2D eigenvalue weighted by molar-refractivity contribution is 5.78. The number of carbonyl (C=O) groups is 1. The van der Waals surface area contributed by atoms with Crippen LogP contribution in [0, 0.1) is 0 Å². The predicted molar refractivity (Wildman–Crippen MR) is 98.3 cm³/mol. The average Bonchev–Trinajstić information content (AvgIpc) is 2.53. The summed E-state index contributed by atoms with van der Waals surface area (Å²) in [5, 5.41) is 2.98. The summed E-state index contributed by atoms with van der Waals surface area (Å²) in [5.41, 5.74) is 3.51. The van der Waals surface area contributed by atoms with E-state index in [1.807, 2.05) is 31.2 Å². The van der Waals surface area contributed by atoms with Gasteiger partial charge in [0.1, 0.15) is 5.75 Å². The van der Waals surface area contributed by atoms with Gasteiger partial charge in [-0.2, -0.15) is 0 Å². The maximum Gasteiger partial charge on any atom is 0.224 e. The van der Waals surface area contributed by atoms with Crippen LogP contribution in [0.15, 0.2) is 48.5 Å². The van der Waals surface area contributed by atoms with E-state index in [0.29, 0.717) is 19.6 Å². The fourth-order valence-electron chi connectivity index (χ4n) is 2.48. The minimum Gasteiger partial charge on any atom is -0.494 e. The van der Waals surface area contributed by atoms with Crippen molar-refractivity contribution in [1.29, 1.82) is 0 Å². The van der Waals surface area contributed by atoms with E-state index in [1.165, 1.54) is 5.56 Å². The monoisotopic (exact) mass is 325 g/mol. The van der Waals surface area contributed by atoms with Gasteiger partial charge in [0.05, 0.1) is 13.0 Å². The molecule has 0 atom stereocenters. The third kappa shape index (κ3) is 5.41. The van der Waals surface area contributed by atoms with E-state index in [4.69, 9.17) is 4.74 Å². The van der Waals surface area contributed by atoms with Crippen molar-refractivity contribution in [2.45, 2.75) is 46.1 Å². The normalized spacial score (nSPS) is 11.2. The largest absolute Gasteiger partial charge is 0.494 e. The van der Waals surface area contributed by atoms with Gasteiger partial charge in [0, 0.05) is 6.54 Å². The standard InChI is InChI=1S/C21H27NO2/c1-5-24-19-8-6-7-17(13-19)14-20(23)22-15-16-9-11-18(12-10-16)21(2,3)4/h6-13H,5,14-15H2,1-4H3,(H,22,23). The molecule has 0 aliphatic carbocycles. The summed E-state index contributed by atoms with van der Waals surface area (Å²) in [4.78, 5) is 12.1. The van der Waals surface area contributed by atoms with E-state index in [2.05, 4.69) is 50.4 Å². The number of rotatable bonds is 6. The second-order valence-corrected chi connectivity index (χ2v) is 6.98. The number of ether oxygens (including phenoxy) is 1. The Morgan fingerprint density at radius 1 is 1.04 bits per heavy atom. The van der Waals surface area contributed by atoms with Crippen LogP contribution in [0.25, 0.3) is 0 Å². The van der Waals surface area contributed by atoms with Crippen LogP contribution in [0.3, 0.4) is 0 Å². The summed E-state index contributed by atoms with van der Waals surface area (Å²) < 4.78 is 5.46. The molecule has 0 aromatic heterocycles. The van der Waals surface area contributed by atoms with Crippen molar-refractivity contribution in [1.82, 2.24) is 5.32 Å².